The Labute approximate surface area is 160 Å². The minimum atomic E-state index is -3.40. The van der Waals surface area contributed by atoms with Crippen molar-refractivity contribution in [1.82, 2.24) is 9.29 Å². The predicted octanol–water partition coefficient (Wildman–Crippen LogP) is 2.11. The number of hydrogen-bond donors (Lipinski definition) is 1. The number of hydrogen-bond acceptors (Lipinski definition) is 4. The fraction of sp³-hybridized carbons (Fsp3) is 0.737. The molecule has 27 heavy (non-hydrogen) atoms. The second-order valence-corrected chi connectivity index (χ2v) is 9.70. The number of aryl methyl sites for hydroxylation is 2. The van der Waals surface area contributed by atoms with E-state index in [1.54, 1.807) is 11.5 Å². The van der Waals surface area contributed by atoms with Crippen LogP contribution in [0.25, 0.3) is 0 Å². The van der Waals surface area contributed by atoms with Crippen LogP contribution in [0.2, 0.25) is 0 Å². The lowest BCUT2D eigenvalue weighted by molar-refractivity contribution is -0.00840. The normalized spacial score (nSPS) is 28.7. The summed E-state index contributed by atoms with van der Waals surface area (Å²) in [6, 6.07) is 2.99. The average molecular weight is 401 g/mol. The third-order valence-electron chi connectivity index (χ3n) is 5.78. The standard InChI is InChI=1S/C19H29FN2O4S/c1-13-3-6-15-7-10-17(21-27(2,24)25)18(22(15)19(13)23)12-26-16-8-4-14(11-20)5-9-16/h3,6,14,16-18,21H,4-5,7-12H2,1-2H3/t14?,16?,17-,18-/m0/s1. The van der Waals surface area contributed by atoms with Gasteiger partial charge in [-0.25, -0.2) is 13.1 Å². The van der Waals surface area contributed by atoms with Gasteiger partial charge in [-0.1, -0.05) is 6.07 Å². The molecule has 0 bridgehead atoms. The molecule has 0 amide bonds. The molecule has 0 aromatic carbocycles. The number of nitrogens with zero attached hydrogens (tertiary/aromatic N) is 1. The van der Waals surface area contributed by atoms with E-state index in [1.807, 2.05) is 12.1 Å². The van der Waals surface area contributed by atoms with Crippen molar-refractivity contribution in [3.05, 3.63) is 33.7 Å². The second kappa shape index (κ2) is 8.41. The highest BCUT2D eigenvalue weighted by atomic mass is 32.2. The van der Waals surface area contributed by atoms with Gasteiger partial charge in [0.05, 0.1) is 31.7 Å². The van der Waals surface area contributed by atoms with Crippen LogP contribution in [0, 0.1) is 12.8 Å². The Balaban J connectivity index is 1.80. The van der Waals surface area contributed by atoms with Gasteiger partial charge in [0.1, 0.15) is 0 Å². The van der Waals surface area contributed by atoms with E-state index in [4.69, 9.17) is 4.74 Å². The molecule has 1 aliphatic heterocycles. The molecule has 1 fully saturated rings. The number of fused-ring (bicyclic) bond motifs is 1. The van der Waals surface area contributed by atoms with Gasteiger partial charge in [0.25, 0.3) is 5.56 Å². The number of halogens is 1. The molecule has 0 radical (unpaired) electrons. The highest BCUT2D eigenvalue weighted by molar-refractivity contribution is 7.88. The maximum absolute atomic E-state index is 12.8. The molecule has 0 saturated heterocycles. The molecule has 2 heterocycles. The van der Waals surface area contributed by atoms with Gasteiger partial charge in [0, 0.05) is 17.3 Å². The van der Waals surface area contributed by atoms with Crippen LogP contribution in [0.15, 0.2) is 16.9 Å². The van der Waals surface area contributed by atoms with Gasteiger partial charge < -0.3 is 9.30 Å². The summed E-state index contributed by atoms with van der Waals surface area (Å²) in [5.41, 5.74) is 1.45. The minimum Gasteiger partial charge on any atom is -0.376 e. The average Bonchev–Trinajstić information content (AvgIpc) is 2.63. The van der Waals surface area contributed by atoms with E-state index in [1.165, 1.54) is 0 Å². The van der Waals surface area contributed by atoms with E-state index in [9.17, 15) is 17.6 Å². The van der Waals surface area contributed by atoms with Gasteiger partial charge in [0.15, 0.2) is 0 Å². The number of nitrogens with one attached hydrogen (secondary N) is 1. The van der Waals surface area contributed by atoms with Crippen molar-refractivity contribution in [2.45, 2.75) is 63.6 Å². The zero-order valence-electron chi connectivity index (χ0n) is 16.0. The van der Waals surface area contributed by atoms with Crippen molar-refractivity contribution in [3.63, 3.8) is 0 Å². The second-order valence-electron chi connectivity index (χ2n) is 7.92. The Morgan fingerprint density at radius 3 is 2.56 bits per heavy atom. The van der Waals surface area contributed by atoms with Crippen LogP contribution in [0.4, 0.5) is 4.39 Å². The van der Waals surface area contributed by atoms with E-state index in [0.29, 0.717) is 18.4 Å². The Kier molecular flexibility index (Phi) is 6.38. The van der Waals surface area contributed by atoms with E-state index < -0.39 is 10.0 Å². The first-order chi connectivity index (χ1) is 12.8. The summed E-state index contributed by atoms with van der Waals surface area (Å²) >= 11 is 0. The molecule has 2 atom stereocenters. The smallest absolute Gasteiger partial charge is 0.254 e. The molecule has 1 aromatic rings. The van der Waals surface area contributed by atoms with E-state index in [0.717, 1.165) is 37.6 Å². The number of pyridine rings is 1. The lowest BCUT2D eigenvalue weighted by Crippen LogP contribution is -2.49. The van der Waals surface area contributed by atoms with E-state index >= 15 is 0 Å². The van der Waals surface area contributed by atoms with Gasteiger partial charge in [-0.15, -0.1) is 0 Å². The topological polar surface area (TPSA) is 77.4 Å². The van der Waals surface area contributed by atoms with Crippen molar-refractivity contribution in [3.8, 4) is 0 Å². The van der Waals surface area contributed by atoms with Crippen molar-refractivity contribution in [2.24, 2.45) is 5.92 Å². The van der Waals surface area contributed by atoms with Crippen LogP contribution in [0.5, 0.6) is 0 Å². The molecule has 3 rings (SSSR count). The summed E-state index contributed by atoms with van der Waals surface area (Å²) < 4.78 is 46.9. The monoisotopic (exact) mass is 400 g/mol. The van der Waals surface area contributed by atoms with Crippen LogP contribution in [0.3, 0.4) is 0 Å². The fourth-order valence-electron chi connectivity index (χ4n) is 4.23. The fourth-order valence-corrected chi connectivity index (χ4v) is 5.05. The molecule has 8 heteroatoms. The minimum absolute atomic E-state index is 0.0394. The number of rotatable bonds is 6. The predicted molar refractivity (Wildman–Crippen MR) is 102 cm³/mol. The molecule has 6 nitrogen and oxygen atoms in total. The van der Waals surface area contributed by atoms with Crippen LogP contribution in [-0.4, -0.2) is 44.7 Å². The van der Waals surface area contributed by atoms with Crippen molar-refractivity contribution in [1.29, 1.82) is 0 Å². The highest BCUT2D eigenvalue weighted by Gasteiger charge is 2.33. The first-order valence-electron chi connectivity index (χ1n) is 9.64. The summed E-state index contributed by atoms with van der Waals surface area (Å²) in [5.74, 6) is 0.130. The summed E-state index contributed by atoms with van der Waals surface area (Å²) in [6.45, 7) is 1.76. The van der Waals surface area contributed by atoms with Crippen LogP contribution >= 0.6 is 0 Å². The zero-order valence-corrected chi connectivity index (χ0v) is 16.8. The summed E-state index contributed by atoms with van der Waals surface area (Å²) in [6.07, 6.45) is 5.68. The van der Waals surface area contributed by atoms with Crippen LogP contribution in [0.1, 0.15) is 49.4 Å². The van der Waals surface area contributed by atoms with Gasteiger partial charge in [-0.05, 0) is 57.4 Å². The summed E-state index contributed by atoms with van der Waals surface area (Å²) in [4.78, 5) is 12.8. The van der Waals surface area contributed by atoms with E-state index in [2.05, 4.69) is 4.72 Å². The molecule has 0 spiro atoms. The molecule has 1 aliphatic carbocycles. The Hall–Kier alpha value is -1.25. The Morgan fingerprint density at radius 2 is 1.93 bits per heavy atom. The van der Waals surface area contributed by atoms with Crippen LogP contribution < -0.4 is 10.3 Å². The first-order valence-corrected chi connectivity index (χ1v) is 11.5. The number of alkyl halides is 1. The van der Waals surface area contributed by atoms with Crippen molar-refractivity contribution >= 4 is 10.0 Å². The first kappa shape index (κ1) is 20.5. The maximum atomic E-state index is 12.8. The molecule has 2 aliphatic rings. The number of aromatic nitrogens is 1. The summed E-state index contributed by atoms with van der Waals surface area (Å²) in [5, 5.41) is 0. The van der Waals surface area contributed by atoms with Crippen LogP contribution in [-0.2, 0) is 21.2 Å². The molecule has 0 unspecified atom stereocenters. The van der Waals surface area contributed by atoms with Gasteiger partial charge in [0.2, 0.25) is 10.0 Å². The lowest BCUT2D eigenvalue weighted by Gasteiger charge is -2.37. The lowest BCUT2D eigenvalue weighted by atomic mass is 9.88. The van der Waals surface area contributed by atoms with Gasteiger partial charge in [-0.3, -0.25) is 9.18 Å². The third-order valence-corrected chi connectivity index (χ3v) is 6.51. The quantitative estimate of drug-likeness (QED) is 0.793. The van der Waals surface area contributed by atoms with E-state index in [-0.39, 0.29) is 42.9 Å². The Bertz CT molecular complexity index is 815. The Morgan fingerprint density at radius 1 is 1.22 bits per heavy atom. The molecule has 1 N–H and O–H groups in total. The number of ether oxygens (including phenoxy) is 1. The zero-order chi connectivity index (χ0) is 19.6. The molecular formula is C19H29FN2O4S. The molecule has 1 aromatic heterocycles. The van der Waals surface area contributed by atoms with Gasteiger partial charge >= 0.3 is 0 Å². The maximum Gasteiger partial charge on any atom is 0.254 e. The highest BCUT2D eigenvalue weighted by Crippen LogP contribution is 2.29. The molecular weight excluding hydrogens is 371 g/mol. The van der Waals surface area contributed by atoms with Crippen molar-refractivity contribution in [2.75, 3.05) is 19.5 Å². The third kappa shape index (κ3) is 4.97. The number of sulfonamides is 1. The SMILES string of the molecule is Cc1ccc2n(c1=O)[C@@H](COC1CCC(CF)CC1)[C@@H](NS(C)(=O)=O)CC2. The largest absolute Gasteiger partial charge is 0.376 e. The molecule has 1 saturated carbocycles. The van der Waals surface area contributed by atoms with Gasteiger partial charge in [-0.2, -0.15) is 0 Å². The summed E-state index contributed by atoms with van der Waals surface area (Å²) in [7, 11) is -3.40. The van der Waals surface area contributed by atoms with Crippen molar-refractivity contribution < 1.29 is 17.5 Å². The molecule has 152 valence electrons.